The molecule has 0 amide bonds. The molecule has 0 fully saturated rings. The van der Waals surface area contributed by atoms with E-state index >= 15 is 0 Å². The Kier molecular flexibility index (Phi) is 12.0. The summed E-state index contributed by atoms with van der Waals surface area (Å²) >= 11 is 0. The normalized spacial score (nSPS) is 14.3. The monoisotopic (exact) mass is 452 g/mol. The average molecular weight is 453 g/mol. The number of aliphatic hydroxyl groups is 1. The molecule has 6 heteroatoms. The first-order chi connectivity index (χ1) is 14.5. The second kappa shape index (κ2) is 13.4. The summed E-state index contributed by atoms with van der Waals surface area (Å²) in [6.45, 7) is 16.7. The SMILES string of the molecule is COc1ccc(COCC[C@H](O)CC(=O)[C@@H](C)CO[Si](C(C)C)(C(C)C)C(C)C)cc1. The van der Waals surface area contributed by atoms with Crippen LogP contribution in [0, 0.1) is 5.92 Å². The summed E-state index contributed by atoms with van der Waals surface area (Å²) in [4.78, 5) is 12.6. The predicted molar refractivity (Wildman–Crippen MR) is 129 cm³/mol. The van der Waals surface area contributed by atoms with Crippen molar-refractivity contribution in [3.63, 3.8) is 0 Å². The summed E-state index contributed by atoms with van der Waals surface area (Å²) in [5, 5.41) is 10.3. The number of aliphatic hydroxyl groups excluding tert-OH is 1. The van der Waals surface area contributed by atoms with Gasteiger partial charge in [0.2, 0.25) is 0 Å². The Morgan fingerprint density at radius 1 is 0.968 bits per heavy atom. The van der Waals surface area contributed by atoms with Crippen LogP contribution >= 0.6 is 0 Å². The van der Waals surface area contributed by atoms with Crippen LogP contribution in [0.25, 0.3) is 0 Å². The van der Waals surface area contributed by atoms with Crippen LogP contribution in [0.3, 0.4) is 0 Å². The van der Waals surface area contributed by atoms with Crippen LogP contribution in [0.4, 0.5) is 0 Å². The molecule has 0 aliphatic rings. The third-order valence-electron chi connectivity index (χ3n) is 6.30. The summed E-state index contributed by atoms with van der Waals surface area (Å²) in [6.07, 6.45) is -0.0955. The Hall–Kier alpha value is -1.21. The van der Waals surface area contributed by atoms with Crippen molar-refractivity contribution in [1.29, 1.82) is 0 Å². The number of Topliss-reactive ketones (excluding diaryl/α,β-unsaturated/α-hetero) is 1. The molecule has 0 unspecified atom stereocenters. The largest absolute Gasteiger partial charge is 0.497 e. The van der Waals surface area contributed by atoms with Gasteiger partial charge in [-0.1, -0.05) is 60.6 Å². The molecule has 178 valence electrons. The highest BCUT2D eigenvalue weighted by Crippen LogP contribution is 2.42. The molecule has 0 heterocycles. The van der Waals surface area contributed by atoms with Gasteiger partial charge in [0.05, 0.1) is 19.8 Å². The van der Waals surface area contributed by atoms with Crippen molar-refractivity contribution in [3.8, 4) is 5.75 Å². The first-order valence-corrected chi connectivity index (χ1v) is 13.7. The molecule has 0 bridgehead atoms. The van der Waals surface area contributed by atoms with Gasteiger partial charge in [-0.3, -0.25) is 4.79 Å². The molecule has 0 saturated carbocycles. The highest BCUT2D eigenvalue weighted by atomic mass is 28.4. The summed E-state index contributed by atoms with van der Waals surface area (Å²) in [6, 6.07) is 7.70. The van der Waals surface area contributed by atoms with E-state index < -0.39 is 14.4 Å². The van der Waals surface area contributed by atoms with Crippen molar-refractivity contribution < 1.29 is 23.8 Å². The molecule has 0 spiro atoms. The van der Waals surface area contributed by atoms with Crippen molar-refractivity contribution in [1.82, 2.24) is 0 Å². The summed E-state index contributed by atoms with van der Waals surface area (Å²) in [5.74, 6) is 0.658. The number of hydrogen-bond acceptors (Lipinski definition) is 5. The summed E-state index contributed by atoms with van der Waals surface area (Å²) < 4.78 is 17.3. The Morgan fingerprint density at radius 2 is 1.52 bits per heavy atom. The van der Waals surface area contributed by atoms with Crippen molar-refractivity contribution in [2.45, 2.75) is 90.6 Å². The Labute approximate surface area is 190 Å². The number of ether oxygens (including phenoxy) is 2. The summed E-state index contributed by atoms with van der Waals surface area (Å²) in [5.41, 5.74) is 2.51. The molecule has 31 heavy (non-hydrogen) atoms. The van der Waals surface area contributed by atoms with E-state index in [1.807, 2.05) is 31.2 Å². The number of ketones is 1. The second-order valence-electron chi connectivity index (χ2n) is 9.54. The molecule has 1 N–H and O–H groups in total. The van der Waals surface area contributed by atoms with E-state index in [9.17, 15) is 9.90 Å². The van der Waals surface area contributed by atoms with Crippen LogP contribution < -0.4 is 4.74 Å². The fraction of sp³-hybridized carbons (Fsp3) is 0.720. The number of methoxy groups -OCH3 is 1. The van der Waals surface area contributed by atoms with E-state index in [1.165, 1.54) is 0 Å². The maximum absolute atomic E-state index is 12.6. The third-order valence-corrected chi connectivity index (χ3v) is 12.4. The minimum Gasteiger partial charge on any atom is -0.497 e. The van der Waals surface area contributed by atoms with Gasteiger partial charge < -0.3 is 19.0 Å². The van der Waals surface area contributed by atoms with Crippen LogP contribution in [0.15, 0.2) is 24.3 Å². The minimum absolute atomic E-state index is 0.0572. The molecule has 2 atom stereocenters. The molecule has 0 aromatic heterocycles. The van der Waals surface area contributed by atoms with Crippen molar-refractivity contribution in [3.05, 3.63) is 29.8 Å². The molecule has 1 rings (SSSR count). The maximum atomic E-state index is 12.6. The van der Waals surface area contributed by atoms with Crippen LogP contribution in [-0.2, 0) is 20.6 Å². The molecule has 5 nitrogen and oxygen atoms in total. The van der Waals surface area contributed by atoms with Crippen molar-refractivity contribution in [2.75, 3.05) is 20.3 Å². The van der Waals surface area contributed by atoms with Crippen LogP contribution in [-0.4, -0.2) is 45.6 Å². The highest BCUT2D eigenvalue weighted by molar-refractivity contribution is 6.77. The van der Waals surface area contributed by atoms with Gasteiger partial charge in [0.1, 0.15) is 11.5 Å². The van der Waals surface area contributed by atoms with Gasteiger partial charge in [-0.2, -0.15) is 0 Å². The van der Waals surface area contributed by atoms with Gasteiger partial charge in [-0.25, -0.2) is 0 Å². The van der Waals surface area contributed by atoms with Gasteiger partial charge in [0.15, 0.2) is 8.32 Å². The zero-order chi connectivity index (χ0) is 23.6. The number of hydrogen-bond donors (Lipinski definition) is 1. The minimum atomic E-state index is -1.98. The van der Waals surface area contributed by atoms with Gasteiger partial charge >= 0.3 is 0 Å². The summed E-state index contributed by atoms with van der Waals surface area (Å²) in [7, 11) is -0.346. The fourth-order valence-corrected chi connectivity index (χ4v) is 10.1. The molecular formula is C25H44O5Si. The van der Waals surface area contributed by atoms with E-state index in [4.69, 9.17) is 13.9 Å². The quantitative estimate of drug-likeness (QED) is 0.271. The number of carbonyl (C=O) groups is 1. The topological polar surface area (TPSA) is 65.0 Å². The second-order valence-corrected chi connectivity index (χ2v) is 15.0. The Balaban J connectivity index is 2.41. The predicted octanol–water partition coefficient (Wildman–Crippen LogP) is 5.75. The van der Waals surface area contributed by atoms with Crippen LogP contribution in [0.1, 0.15) is 66.9 Å². The van der Waals surface area contributed by atoms with Crippen molar-refractivity contribution >= 4 is 14.1 Å². The molecule has 1 aromatic carbocycles. The first kappa shape index (κ1) is 27.8. The number of benzene rings is 1. The molecular weight excluding hydrogens is 408 g/mol. The molecule has 0 aliphatic heterocycles. The van der Waals surface area contributed by atoms with E-state index in [0.29, 0.717) is 42.9 Å². The maximum Gasteiger partial charge on any atom is 0.200 e. The van der Waals surface area contributed by atoms with E-state index in [2.05, 4.69) is 41.5 Å². The van der Waals surface area contributed by atoms with Gasteiger partial charge in [-0.05, 0) is 40.7 Å². The molecule has 1 aromatic rings. The number of carbonyl (C=O) groups excluding carboxylic acids is 1. The molecule has 0 saturated heterocycles. The Morgan fingerprint density at radius 3 is 2.00 bits per heavy atom. The van der Waals surface area contributed by atoms with Gasteiger partial charge in [0, 0.05) is 25.6 Å². The zero-order valence-electron chi connectivity index (χ0n) is 20.8. The van der Waals surface area contributed by atoms with E-state index in [1.54, 1.807) is 7.11 Å². The first-order valence-electron chi connectivity index (χ1n) is 11.6. The Bertz CT molecular complexity index is 620. The van der Waals surface area contributed by atoms with Crippen molar-refractivity contribution in [2.24, 2.45) is 5.92 Å². The fourth-order valence-electron chi connectivity index (χ4n) is 4.53. The standard InChI is InChI=1S/C25H44O5Si/c1-18(2)31(19(3)4,20(5)6)30-16-21(7)25(27)15-23(26)13-14-29-17-22-9-11-24(28-8)12-10-22/h9-12,18-21,23,26H,13-17H2,1-8H3/t21-,23-/m0/s1. The lowest BCUT2D eigenvalue weighted by atomic mass is 10.0. The molecule has 0 aliphatic carbocycles. The van der Waals surface area contributed by atoms with E-state index in [0.717, 1.165) is 11.3 Å². The van der Waals surface area contributed by atoms with Gasteiger partial charge in [-0.15, -0.1) is 0 Å². The zero-order valence-corrected chi connectivity index (χ0v) is 21.8. The lowest BCUT2D eigenvalue weighted by Gasteiger charge is -2.42. The lowest BCUT2D eigenvalue weighted by molar-refractivity contribution is -0.125. The highest BCUT2D eigenvalue weighted by Gasteiger charge is 2.45. The average Bonchev–Trinajstić information content (AvgIpc) is 2.71. The molecule has 0 radical (unpaired) electrons. The third kappa shape index (κ3) is 8.33. The van der Waals surface area contributed by atoms with Gasteiger partial charge in [0.25, 0.3) is 0 Å². The van der Waals surface area contributed by atoms with E-state index in [-0.39, 0.29) is 18.1 Å². The number of rotatable bonds is 15. The van der Waals surface area contributed by atoms with Crippen LogP contribution in [0.2, 0.25) is 16.6 Å². The lowest BCUT2D eigenvalue weighted by Crippen LogP contribution is -2.49. The smallest absolute Gasteiger partial charge is 0.200 e. The van der Waals surface area contributed by atoms with Crippen LogP contribution in [0.5, 0.6) is 5.75 Å².